The first-order chi connectivity index (χ1) is 11.1. The number of rotatable bonds is 3. The molecular formula is C16H23ClN2O4S. The number of carbonyl (C=O) groups excluding carboxylic acids is 1. The molecule has 1 aromatic carbocycles. The molecule has 1 fully saturated rings. The zero-order chi connectivity index (χ0) is 18.0. The van der Waals surface area contributed by atoms with Crippen LogP contribution in [0.3, 0.4) is 0 Å². The molecule has 1 aliphatic rings. The van der Waals surface area contributed by atoms with Gasteiger partial charge in [-0.25, -0.2) is 13.2 Å². The van der Waals surface area contributed by atoms with E-state index in [-0.39, 0.29) is 0 Å². The summed E-state index contributed by atoms with van der Waals surface area (Å²) in [7, 11) is -3.52. The van der Waals surface area contributed by atoms with Crippen molar-refractivity contribution in [3.63, 3.8) is 0 Å². The fourth-order valence-corrected chi connectivity index (χ4v) is 4.12. The van der Waals surface area contributed by atoms with Gasteiger partial charge >= 0.3 is 6.09 Å². The Labute approximate surface area is 148 Å². The van der Waals surface area contributed by atoms with E-state index in [1.54, 1.807) is 49.9 Å². The van der Waals surface area contributed by atoms with E-state index >= 15 is 0 Å². The molecule has 1 amide bonds. The van der Waals surface area contributed by atoms with Gasteiger partial charge in [0.25, 0.3) is 0 Å². The summed E-state index contributed by atoms with van der Waals surface area (Å²) in [5.74, 6) is 0. The Kier molecular flexibility index (Phi) is 5.65. The van der Waals surface area contributed by atoms with Crippen LogP contribution >= 0.6 is 11.6 Å². The molecule has 0 radical (unpaired) electrons. The number of nitrogens with zero attached hydrogens (tertiary/aromatic N) is 1. The molecule has 134 valence electrons. The van der Waals surface area contributed by atoms with Crippen LogP contribution in [0.2, 0.25) is 5.02 Å². The lowest BCUT2D eigenvalue weighted by Crippen LogP contribution is -2.45. The van der Waals surface area contributed by atoms with Crippen molar-refractivity contribution in [3.05, 3.63) is 29.3 Å². The van der Waals surface area contributed by atoms with E-state index in [9.17, 15) is 13.2 Å². The molecule has 1 aliphatic heterocycles. The van der Waals surface area contributed by atoms with Crippen LogP contribution in [0.4, 0.5) is 10.5 Å². The standard InChI is InChI=1S/C16H23ClN2O4S/c1-16(2,3)23-15(20)19-9-7-14(8-10-19)24(21,22)18-13-6-4-5-12(17)11-13/h4-6,11,14,18H,7-10H2,1-3H3. The Morgan fingerprint density at radius 3 is 2.46 bits per heavy atom. The first-order valence-corrected chi connectivity index (χ1v) is 9.74. The normalized spacial score (nSPS) is 16.8. The molecule has 0 unspecified atom stereocenters. The molecule has 1 aromatic rings. The lowest BCUT2D eigenvalue weighted by Gasteiger charge is -2.33. The summed E-state index contributed by atoms with van der Waals surface area (Å²) in [5, 5.41) is -0.0786. The number of hydrogen-bond donors (Lipinski definition) is 1. The van der Waals surface area contributed by atoms with Gasteiger partial charge in [0.15, 0.2) is 0 Å². The molecular weight excluding hydrogens is 352 g/mol. The van der Waals surface area contributed by atoms with E-state index in [0.717, 1.165) is 0 Å². The third-order valence-electron chi connectivity index (χ3n) is 3.62. The lowest BCUT2D eigenvalue weighted by atomic mass is 10.1. The van der Waals surface area contributed by atoms with Gasteiger partial charge in [-0.15, -0.1) is 0 Å². The minimum atomic E-state index is -3.52. The average molecular weight is 375 g/mol. The van der Waals surface area contributed by atoms with E-state index in [1.165, 1.54) is 0 Å². The van der Waals surface area contributed by atoms with Crippen LogP contribution < -0.4 is 4.72 Å². The van der Waals surface area contributed by atoms with Crippen LogP contribution in [0.1, 0.15) is 33.6 Å². The summed E-state index contributed by atoms with van der Waals surface area (Å²) in [5.41, 5.74) is -0.120. The number of hydrogen-bond acceptors (Lipinski definition) is 4. The van der Waals surface area contributed by atoms with Gasteiger partial charge in [0, 0.05) is 23.8 Å². The number of sulfonamides is 1. The van der Waals surface area contributed by atoms with Gasteiger partial charge in [0.1, 0.15) is 5.60 Å². The van der Waals surface area contributed by atoms with Crippen molar-refractivity contribution < 1.29 is 17.9 Å². The van der Waals surface area contributed by atoms with Crippen molar-refractivity contribution >= 4 is 33.4 Å². The second-order valence-electron chi connectivity index (χ2n) is 6.82. The maximum absolute atomic E-state index is 12.5. The fraction of sp³-hybridized carbons (Fsp3) is 0.562. The minimum absolute atomic E-state index is 0.357. The Morgan fingerprint density at radius 2 is 1.92 bits per heavy atom. The maximum Gasteiger partial charge on any atom is 0.410 e. The molecule has 1 heterocycles. The van der Waals surface area contributed by atoms with Gasteiger partial charge in [-0.05, 0) is 51.8 Å². The number of amides is 1. The third kappa shape index (κ3) is 5.27. The van der Waals surface area contributed by atoms with Gasteiger partial charge in [-0.2, -0.15) is 0 Å². The third-order valence-corrected chi connectivity index (χ3v) is 5.72. The summed E-state index contributed by atoms with van der Waals surface area (Å²) in [6.45, 7) is 6.12. The van der Waals surface area contributed by atoms with Crippen LogP contribution in [0.5, 0.6) is 0 Å². The average Bonchev–Trinajstić information content (AvgIpc) is 2.45. The van der Waals surface area contributed by atoms with Crippen LogP contribution in [-0.4, -0.2) is 43.4 Å². The SMILES string of the molecule is CC(C)(C)OC(=O)N1CCC(S(=O)(=O)Nc2cccc(Cl)c2)CC1. The first kappa shape index (κ1) is 18.9. The van der Waals surface area contributed by atoms with Gasteiger partial charge in [0.2, 0.25) is 10.0 Å². The van der Waals surface area contributed by atoms with Crippen molar-refractivity contribution in [2.24, 2.45) is 0 Å². The molecule has 0 aliphatic carbocycles. The quantitative estimate of drug-likeness (QED) is 0.878. The number of benzene rings is 1. The largest absolute Gasteiger partial charge is 0.444 e. The van der Waals surface area contributed by atoms with E-state index in [2.05, 4.69) is 4.72 Å². The molecule has 0 spiro atoms. The van der Waals surface area contributed by atoms with Gasteiger partial charge in [0.05, 0.1) is 5.25 Å². The van der Waals surface area contributed by atoms with Gasteiger partial charge in [-0.3, -0.25) is 4.72 Å². The molecule has 0 saturated carbocycles. The number of nitrogens with one attached hydrogen (secondary N) is 1. The second-order valence-corrected chi connectivity index (χ2v) is 9.22. The molecule has 1 N–H and O–H groups in total. The van der Waals surface area contributed by atoms with E-state index < -0.39 is 27.0 Å². The van der Waals surface area contributed by atoms with Crippen molar-refractivity contribution in [2.45, 2.75) is 44.5 Å². The lowest BCUT2D eigenvalue weighted by molar-refractivity contribution is 0.0217. The highest BCUT2D eigenvalue weighted by Gasteiger charge is 2.33. The van der Waals surface area contributed by atoms with Crippen LogP contribution in [0.15, 0.2) is 24.3 Å². The predicted molar refractivity (Wildman–Crippen MR) is 94.8 cm³/mol. The van der Waals surface area contributed by atoms with Crippen molar-refractivity contribution in [1.82, 2.24) is 4.90 Å². The Morgan fingerprint density at radius 1 is 1.29 bits per heavy atom. The second kappa shape index (κ2) is 7.19. The van der Waals surface area contributed by atoms with Crippen LogP contribution in [0.25, 0.3) is 0 Å². The van der Waals surface area contributed by atoms with E-state index in [4.69, 9.17) is 16.3 Å². The van der Waals surface area contributed by atoms with Gasteiger partial charge < -0.3 is 9.64 Å². The van der Waals surface area contributed by atoms with Crippen LogP contribution in [-0.2, 0) is 14.8 Å². The topological polar surface area (TPSA) is 75.7 Å². The summed E-state index contributed by atoms with van der Waals surface area (Å²) in [6, 6.07) is 6.58. The molecule has 6 nitrogen and oxygen atoms in total. The molecule has 0 aromatic heterocycles. The smallest absolute Gasteiger partial charge is 0.410 e. The predicted octanol–water partition coefficient (Wildman–Crippen LogP) is 3.48. The fourth-order valence-electron chi connectivity index (χ4n) is 2.47. The number of anilines is 1. The zero-order valence-electron chi connectivity index (χ0n) is 14.1. The monoisotopic (exact) mass is 374 g/mol. The summed E-state index contributed by atoms with van der Waals surface area (Å²) >= 11 is 5.87. The van der Waals surface area contributed by atoms with Gasteiger partial charge in [-0.1, -0.05) is 17.7 Å². The molecule has 2 rings (SSSR count). The van der Waals surface area contributed by atoms with Crippen molar-refractivity contribution in [2.75, 3.05) is 17.8 Å². The van der Waals surface area contributed by atoms with Crippen LogP contribution in [0, 0.1) is 0 Å². The Hall–Kier alpha value is -1.47. The highest BCUT2D eigenvalue weighted by molar-refractivity contribution is 7.93. The number of likely N-dealkylation sites (tertiary alicyclic amines) is 1. The van der Waals surface area contributed by atoms with Crippen molar-refractivity contribution in [3.8, 4) is 0 Å². The number of carbonyl (C=O) groups is 1. The molecule has 8 heteroatoms. The molecule has 0 atom stereocenters. The molecule has 24 heavy (non-hydrogen) atoms. The zero-order valence-corrected chi connectivity index (χ0v) is 15.7. The number of piperidine rings is 1. The van der Waals surface area contributed by atoms with E-state index in [1.807, 2.05) is 0 Å². The number of ether oxygens (including phenoxy) is 1. The summed E-state index contributed by atoms with van der Waals surface area (Å²) in [6.07, 6.45) is 0.339. The van der Waals surface area contributed by atoms with Crippen molar-refractivity contribution in [1.29, 1.82) is 0 Å². The highest BCUT2D eigenvalue weighted by Crippen LogP contribution is 2.23. The maximum atomic E-state index is 12.5. The molecule has 0 bridgehead atoms. The molecule has 1 saturated heterocycles. The first-order valence-electron chi connectivity index (χ1n) is 7.82. The van der Waals surface area contributed by atoms with E-state index in [0.29, 0.717) is 36.6 Å². The Bertz CT molecular complexity index is 692. The number of halogens is 1. The highest BCUT2D eigenvalue weighted by atomic mass is 35.5. The summed E-state index contributed by atoms with van der Waals surface area (Å²) in [4.78, 5) is 13.6. The summed E-state index contributed by atoms with van der Waals surface area (Å²) < 4.78 is 32.8. The Balaban J connectivity index is 1.94. The minimum Gasteiger partial charge on any atom is -0.444 e.